The minimum absolute atomic E-state index is 0.309. The average molecular weight is 329 g/mol. The van der Waals surface area contributed by atoms with Gasteiger partial charge in [0.15, 0.2) is 0 Å². The van der Waals surface area contributed by atoms with Gasteiger partial charge in [0.2, 0.25) is 0 Å². The van der Waals surface area contributed by atoms with Crippen LogP contribution in [0.3, 0.4) is 0 Å². The molecular weight excluding hydrogens is 313 g/mol. The summed E-state index contributed by atoms with van der Waals surface area (Å²) in [5.74, 6) is 0.362. The minimum Gasteiger partial charge on any atom is -0.497 e. The maximum absolute atomic E-state index is 13.4. The predicted molar refractivity (Wildman–Crippen MR) is 89.2 cm³/mol. The Balaban J connectivity index is 1.98. The molecule has 5 heteroatoms. The first-order valence-corrected chi connectivity index (χ1v) is 7.97. The van der Waals surface area contributed by atoms with Crippen LogP contribution < -0.4 is 4.74 Å². The molecule has 1 heterocycles. The molecule has 1 atom stereocenters. The van der Waals surface area contributed by atoms with E-state index in [1.807, 2.05) is 23.6 Å². The van der Waals surface area contributed by atoms with Gasteiger partial charge in [0, 0.05) is 10.9 Å². The standard InChI is InChI=1S/C18H16FNO2S/c1-18(21,13-6-4-8-15(10-13)22-2)17-20-16(11-23-17)12-5-3-7-14(19)9-12/h3-11,21H,1-2H3. The fraction of sp³-hybridized carbons (Fsp3) is 0.167. The van der Waals surface area contributed by atoms with Crippen molar-refractivity contribution in [3.8, 4) is 17.0 Å². The Labute approximate surface area is 138 Å². The van der Waals surface area contributed by atoms with E-state index in [4.69, 9.17) is 4.74 Å². The number of ether oxygens (including phenoxy) is 1. The molecule has 0 saturated heterocycles. The SMILES string of the molecule is COc1cccc(C(C)(O)c2nc(-c3cccc(F)c3)cs2)c1. The van der Waals surface area contributed by atoms with Crippen molar-refractivity contribution < 1.29 is 14.2 Å². The molecule has 3 aromatic rings. The largest absolute Gasteiger partial charge is 0.497 e. The molecule has 3 rings (SSSR count). The Morgan fingerprint density at radius 3 is 2.70 bits per heavy atom. The lowest BCUT2D eigenvalue weighted by Crippen LogP contribution is -2.22. The minimum atomic E-state index is -1.25. The first kappa shape index (κ1) is 15.6. The van der Waals surface area contributed by atoms with Crippen LogP contribution in [0.4, 0.5) is 4.39 Å². The molecule has 0 fully saturated rings. The topological polar surface area (TPSA) is 42.4 Å². The van der Waals surface area contributed by atoms with Gasteiger partial charge in [-0.25, -0.2) is 9.37 Å². The Morgan fingerprint density at radius 1 is 1.17 bits per heavy atom. The lowest BCUT2D eigenvalue weighted by Gasteiger charge is -2.21. The van der Waals surface area contributed by atoms with Crippen LogP contribution in [0.25, 0.3) is 11.3 Å². The van der Waals surface area contributed by atoms with E-state index in [9.17, 15) is 9.50 Å². The molecule has 1 aromatic heterocycles. The Hall–Kier alpha value is -2.24. The van der Waals surface area contributed by atoms with Crippen LogP contribution in [0, 0.1) is 5.82 Å². The summed E-state index contributed by atoms with van der Waals surface area (Å²) in [6.45, 7) is 1.69. The molecule has 0 aliphatic rings. The normalized spacial score (nSPS) is 13.6. The van der Waals surface area contributed by atoms with Crippen molar-refractivity contribution in [3.05, 3.63) is 70.3 Å². The summed E-state index contributed by atoms with van der Waals surface area (Å²) in [4.78, 5) is 4.49. The van der Waals surface area contributed by atoms with E-state index in [0.717, 1.165) is 0 Å². The second kappa shape index (κ2) is 6.10. The summed E-state index contributed by atoms with van der Waals surface area (Å²) in [7, 11) is 1.58. The summed E-state index contributed by atoms with van der Waals surface area (Å²) in [5, 5.41) is 13.3. The Bertz CT molecular complexity index is 829. The van der Waals surface area contributed by atoms with E-state index >= 15 is 0 Å². The quantitative estimate of drug-likeness (QED) is 0.779. The van der Waals surface area contributed by atoms with Crippen LogP contribution in [0.1, 0.15) is 17.5 Å². The van der Waals surface area contributed by atoms with Gasteiger partial charge in [-0.2, -0.15) is 0 Å². The zero-order valence-corrected chi connectivity index (χ0v) is 13.6. The van der Waals surface area contributed by atoms with Gasteiger partial charge in [0.05, 0.1) is 12.8 Å². The number of rotatable bonds is 4. The molecule has 1 N–H and O–H groups in total. The summed E-state index contributed by atoms with van der Waals surface area (Å²) in [6.07, 6.45) is 0. The molecule has 2 aromatic carbocycles. The molecule has 0 amide bonds. The van der Waals surface area contributed by atoms with Crippen molar-refractivity contribution >= 4 is 11.3 Å². The fourth-order valence-corrected chi connectivity index (χ4v) is 3.24. The van der Waals surface area contributed by atoms with Gasteiger partial charge in [-0.15, -0.1) is 11.3 Å². The van der Waals surface area contributed by atoms with Crippen LogP contribution in [0.15, 0.2) is 53.9 Å². The smallest absolute Gasteiger partial charge is 0.138 e. The number of halogens is 1. The first-order valence-electron chi connectivity index (χ1n) is 7.09. The van der Waals surface area contributed by atoms with Crippen LogP contribution in [0.2, 0.25) is 0 Å². The van der Waals surface area contributed by atoms with Gasteiger partial charge in [-0.05, 0) is 36.8 Å². The molecule has 0 aliphatic carbocycles. The number of nitrogens with zero attached hydrogens (tertiary/aromatic N) is 1. The average Bonchev–Trinajstić information content (AvgIpc) is 3.06. The second-order valence-electron chi connectivity index (χ2n) is 5.35. The Morgan fingerprint density at radius 2 is 1.96 bits per heavy atom. The Kier molecular flexibility index (Phi) is 4.15. The number of hydrogen-bond donors (Lipinski definition) is 1. The molecule has 0 bridgehead atoms. The molecule has 23 heavy (non-hydrogen) atoms. The maximum Gasteiger partial charge on any atom is 0.138 e. The fourth-order valence-electron chi connectivity index (χ4n) is 2.33. The number of thiazole rings is 1. The van der Waals surface area contributed by atoms with Gasteiger partial charge in [0.1, 0.15) is 22.2 Å². The van der Waals surface area contributed by atoms with Crippen LogP contribution >= 0.6 is 11.3 Å². The van der Waals surface area contributed by atoms with Gasteiger partial charge in [0.25, 0.3) is 0 Å². The van der Waals surface area contributed by atoms with Crippen molar-refractivity contribution in [2.75, 3.05) is 7.11 Å². The number of methoxy groups -OCH3 is 1. The van der Waals surface area contributed by atoms with Gasteiger partial charge >= 0.3 is 0 Å². The van der Waals surface area contributed by atoms with Gasteiger partial charge < -0.3 is 9.84 Å². The van der Waals surface area contributed by atoms with E-state index < -0.39 is 5.60 Å². The van der Waals surface area contributed by atoms with Crippen molar-refractivity contribution in [1.29, 1.82) is 0 Å². The first-order chi connectivity index (χ1) is 11.0. The van der Waals surface area contributed by atoms with Crippen molar-refractivity contribution in [2.24, 2.45) is 0 Å². The molecule has 0 radical (unpaired) electrons. The lowest BCUT2D eigenvalue weighted by atomic mass is 9.96. The van der Waals surface area contributed by atoms with E-state index in [2.05, 4.69) is 4.98 Å². The van der Waals surface area contributed by atoms with E-state index in [1.54, 1.807) is 32.2 Å². The van der Waals surface area contributed by atoms with Gasteiger partial charge in [-0.3, -0.25) is 0 Å². The number of aromatic nitrogens is 1. The third-order valence-electron chi connectivity index (χ3n) is 3.67. The monoisotopic (exact) mass is 329 g/mol. The summed E-state index contributed by atoms with van der Waals surface area (Å²) < 4.78 is 18.6. The van der Waals surface area contributed by atoms with Crippen LogP contribution in [0.5, 0.6) is 5.75 Å². The van der Waals surface area contributed by atoms with Crippen LogP contribution in [-0.2, 0) is 5.60 Å². The highest BCUT2D eigenvalue weighted by atomic mass is 32.1. The third kappa shape index (κ3) is 3.11. The summed E-state index contributed by atoms with van der Waals surface area (Å²) >= 11 is 1.34. The van der Waals surface area contributed by atoms with E-state index in [1.165, 1.54) is 23.5 Å². The third-order valence-corrected chi connectivity index (χ3v) is 4.73. The van der Waals surface area contributed by atoms with Crippen molar-refractivity contribution in [3.63, 3.8) is 0 Å². The number of aliphatic hydroxyl groups is 1. The highest BCUT2D eigenvalue weighted by Crippen LogP contribution is 2.35. The molecular formula is C18H16FNO2S. The molecule has 0 aliphatic heterocycles. The molecule has 0 spiro atoms. The van der Waals surface area contributed by atoms with Crippen molar-refractivity contribution in [2.45, 2.75) is 12.5 Å². The number of hydrogen-bond acceptors (Lipinski definition) is 4. The number of benzene rings is 2. The molecule has 0 saturated carbocycles. The van der Waals surface area contributed by atoms with Crippen molar-refractivity contribution in [1.82, 2.24) is 4.98 Å². The predicted octanol–water partition coefficient (Wildman–Crippen LogP) is 4.21. The molecule has 3 nitrogen and oxygen atoms in total. The van der Waals surface area contributed by atoms with E-state index in [0.29, 0.717) is 27.6 Å². The molecule has 1 unspecified atom stereocenters. The van der Waals surface area contributed by atoms with Gasteiger partial charge in [-0.1, -0.05) is 24.3 Å². The zero-order chi connectivity index (χ0) is 16.4. The highest BCUT2D eigenvalue weighted by Gasteiger charge is 2.29. The lowest BCUT2D eigenvalue weighted by molar-refractivity contribution is 0.102. The molecule has 118 valence electrons. The summed E-state index contributed by atoms with van der Waals surface area (Å²) in [6, 6.07) is 13.5. The second-order valence-corrected chi connectivity index (χ2v) is 6.21. The summed E-state index contributed by atoms with van der Waals surface area (Å²) in [5.41, 5.74) is 0.781. The zero-order valence-electron chi connectivity index (χ0n) is 12.8. The maximum atomic E-state index is 13.4. The van der Waals surface area contributed by atoms with Crippen LogP contribution in [-0.4, -0.2) is 17.2 Å². The van der Waals surface area contributed by atoms with E-state index in [-0.39, 0.29) is 5.82 Å². The highest BCUT2D eigenvalue weighted by molar-refractivity contribution is 7.10.